The maximum Gasteiger partial charge on any atom is 0.331 e. The minimum atomic E-state index is -1.34. The van der Waals surface area contributed by atoms with Crippen LogP contribution in [0.5, 0.6) is 0 Å². The Morgan fingerprint density at radius 3 is 2.65 bits per heavy atom. The highest BCUT2D eigenvalue weighted by molar-refractivity contribution is 5.97. The predicted octanol–water partition coefficient (Wildman–Crippen LogP) is -0.550. The van der Waals surface area contributed by atoms with Gasteiger partial charge >= 0.3 is 5.97 Å². The third-order valence-electron chi connectivity index (χ3n) is 2.61. The van der Waals surface area contributed by atoms with E-state index in [-0.39, 0.29) is 18.6 Å². The lowest BCUT2D eigenvalue weighted by atomic mass is 9.98. The van der Waals surface area contributed by atoms with E-state index in [1.54, 1.807) is 0 Å². The Morgan fingerprint density at radius 2 is 2.12 bits per heavy atom. The second kappa shape index (κ2) is 4.46. The van der Waals surface area contributed by atoms with E-state index in [0.29, 0.717) is 6.61 Å². The van der Waals surface area contributed by atoms with Crippen molar-refractivity contribution in [3.05, 3.63) is 24.3 Å². The molecule has 2 rings (SSSR count). The van der Waals surface area contributed by atoms with E-state index in [1.807, 2.05) is 0 Å². The zero-order valence-corrected chi connectivity index (χ0v) is 8.92. The number of amides is 1. The number of nitrogens with one attached hydrogen (secondary N) is 1. The molecular formula is C10H11N3O4. The molecule has 0 spiro atoms. The molecule has 7 nitrogen and oxygen atoms in total. The molecule has 1 aliphatic rings. The number of ether oxygens (including phenoxy) is 1. The Balaban J connectivity index is 2.15. The van der Waals surface area contributed by atoms with Crippen LogP contribution in [-0.2, 0) is 9.53 Å². The third kappa shape index (κ3) is 2.23. The Hall–Kier alpha value is -2.02. The van der Waals surface area contributed by atoms with Gasteiger partial charge in [0.25, 0.3) is 5.91 Å². The number of carbonyl (C=O) groups is 2. The van der Waals surface area contributed by atoms with Gasteiger partial charge in [-0.05, 0) is 0 Å². The molecular weight excluding hydrogens is 226 g/mol. The van der Waals surface area contributed by atoms with Crippen molar-refractivity contribution in [2.45, 2.75) is 12.0 Å². The van der Waals surface area contributed by atoms with Crippen molar-refractivity contribution >= 4 is 11.9 Å². The van der Waals surface area contributed by atoms with E-state index >= 15 is 0 Å². The van der Waals surface area contributed by atoms with E-state index in [9.17, 15) is 9.59 Å². The average molecular weight is 237 g/mol. The number of carboxylic acids is 1. The van der Waals surface area contributed by atoms with Gasteiger partial charge < -0.3 is 15.2 Å². The van der Waals surface area contributed by atoms with Gasteiger partial charge in [0.2, 0.25) is 0 Å². The first kappa shape index (κ1) is 11.5. The van der Waals surface area contributed by atoms with E-state index in [1.165, 1.54) is 18.7 Å². The Kier molecular flexibility index (Phi) is 3.01. The van der Waals surface area contributed by atoms with E-state index < -0.39 is 17.4 Å². The van der Waals surface area contributed by atoms with Gasteiger partial charge in [-0.2, -0.15) is 0 Å². The van der Waals surface area contributed by atoms with Crippen molar-refractivity contribution in [3.63, 3.8) is 0 Å². The van der Waals surface area contributed by atoms with Crippen molar-refractivity contribution in [1.82, 2.24) is 15.3 Å². The van der Waals surface area contributed by atoms with Crippen molar-refractivity contribution in [2.75, 3.05) is 13.2 Å². The van der Waals surface area contributed by atoms with E-state index in [0.717, 1.165) is 0 Å². The van der Waals surface area contributed by atoms with Gasteiger partial charge in [-0.25, -0.2) is 14.8 Å². The standard InChI is InChI=1S/C10H11N3O4/c14-8(7-3-11-6-12-4-7)13-10(9(15)16)1-2-17-5-10/h3-4,6H,1-2,5H2,(H,13,14)(H,15,16)/t10-/m1/s1. The van der Waals surface area contributed by atoms with Crippen molar-refractivity contribution in [1.29, 1.82) is 0 Å². The van der Waals surface area contributed by atoms with Gasteiger partial charge in [-0.3, -0.25) is 4.79 Å². The molecule has 0 aromatic carbocycles. The van der Waals surface area contributed by atoms with Crippen LogP contribution >= 0.6 is 0 Å². The quantitative estimate of drug-likeness (QED) is 0.731. The largest absolute Gasteiger partial charge is 0.479 e. The molecule has 1 aliphatic heterocycles. The lowest BCUT2D eigenvalue weighted by molar-refractivity contribution is -0.144. The summed E-state index contributed by atoms with van der Waals surface area (Å²) in [5.74, 6) is -1.61. The molecule has 1 atom stereocenters. The molecule has 0 bridgehead atoms. The van der Waals surface area contributed by atoms with Gasteiger partial charge in [-0.15, -0.1) is 0 Å². The molecule has 0 radical (unpaired) electrons. The number of hydrogen-bond donors (Lipinski definition) is 2. The summed E-state index contributed by atoms with van der Waals surface area (Å²) in [5.41, 5.74) is -1.12. The minimum absolute atomic E-state index is 0.0260. The summed E-state index contributed by atoms with van der Waals surface area (Å²) in [6.07, 6.45) is 4.20. The van der Waals surface area contributed by atoms with Crippen LogP contribution in [0.15, 0.2) is 18.7 Å². The van der Waals surface area contributed by atoms with Crippen molar-refractivity contribution < 1.29 is 19.4 Å². The molecule has 2 heterocycles. The first-order valence-corrected chi connectivity index (χ1v) is 5.03. The number of rotatable bonds is 3. The monoisotopic (exact) mass is 237 g/mol. The van der Waals surface area contributed by atoms with Crippen LogP contribution < -0.4 is 5.32 Å². The van der Waals surface area contributed by atoms with Gasteiger partial charge in [0, 0.05) is 25.4 Å². The molecule has 0 saturated carbocycles. The molecule has 0 unspecified atom stereocenters. The fourth-order valence-electron chi connectivity index (χ4n) is 1.59. The summed E-state index contributed by atoms with van der Waals surface area (Å²) in [4.78, 5) is 30.4. The number of hydrogen-bond acceptors (Lipinski definition) is 5. The summed E-state index contributed by atoms with van der Waals surface area (Å²) in [7, 11) is 0. The highest BCUT2D eigenvalue weighted by Crippen LogP contribution is 2.19. The van der Waals surface area contributed by atoms with Crippen LogP contribution in [-0.4, -0.2) is 45.7 Å². The Morgan fingerprint density at radius 1 is 1.41 bits per heavy atom. The molecule has 1 aromatic rings. The maximum absolute atomic E-state index is 11.8. The highest BCUT2D eigenvalue weighted by Gasteiger charge is 2.44. The van der Waals surface area contributed by atoms with Crippen LogP contribution in [0.1, 0.15) is 16.8 Å². The number of aliphatic carboxylic acids is 1. The molecule has 1 saturated heterocycles. The topological polar surface area (TPSA) is 101 Å². The molecule has 1 amide bonds. The Bertz CT molecular complexity index is 428. The van der Waals surface area contributed by atoms with Crippen LogP contribution in [0.25, 0.3) is 0 Å². The number of aromatic nitrogens is 2. The summed E-state index contributed by atoms with van der Waals surface area (Å²) in [6.45, 7) is 0.291. The normalized spacial score (nSPS) is 23.3. The fourth-order valence-corrected chi connectivity index (χ4v) is 1.59. The molecule has 1 aromatic heterocycles. The van der Waals surface area contributed by atoms with Crippen LogP contribution in [0.4, 0.5) is 0 Å². The van der Waals surface area contributed by atoms with E-state index in [2.05, 4.69) is 15.3 Å². The van der Waals surface area contributed by atoms with Crippen molar-refractivity contribution in [2.24, 2.45) is 0 Å². The highest BCUT2D eigenvalue weighted by atomic mass is 16.5. The van der Waals surface area contributed by atoms with Gasteiger partial charge in [0.15, 0.2) is 5.54 Å². The van der Waals surface area contributed by atoms with Crippen LogP contribution in [0.2, 0.25) is 0 Å². The lowest BCUT2D eigenvalue weighted by Gasteiger charge is -2.23. The van der Waals surface area contributed by atoms with E-state index in [4.69, 9.17) is 9.84 Å². The SMILES string of the molecule is O=C(N[C@]1(C(=O)O)CCOC1)c1cncnc1. The molecule has 2 N–H and O–H groups in total. The molecule has 7 heteroatoms. The molecule has 0 aliphatic carbocycles. The van der Waals surface area contributed by atoms with Gasteiger partial charge in [-0.1, -0.05) is 0 Å². The molecule has 17 heavy (non-hydrogen) atoms. The molecule has 90 valence electrons. The summed E-state index contributed by atoms with van der Waals surface area (Å²) < 4.78 is 5.03. The van der Waals surface area contributed by atoms with Crippen LogP contribution in [0.3, 0.4) is 0 Å². The van der Waals surface area contributed by atoms with Gasteiger partial charge in [0.1, 0.15) is 6.33 Å². The first-order valence-electron chi connectivity index (χ1n) is 5.03. The predicted molar refractivity (Wildman–Crippen MR) is 55.3 cm³/mol. The summed E-state index contributed by atoms with van der Waals surface area (Å²) in [5, 5.41) is 11.6. The maximum atomic E-state index is 11.8. The fraction of sp³-hybridized carbons (Fsp3) is 0.400. The number of carbonyl (C=O) groups excluding carboxylic acids is 1. The average Bonchev–Trinajstić information content (AvgIpc) is 2.80. The Labute approximate surface area is 96.8 Å². The third-order valence-corrected chi connectivity index (χ3v) is 2.61. The first-order chi connectivity index (χ1) is 8.14. The number of nitrogens with zero attached hydrogens (tertiary/aromatic N) is 2. The van der Waals surface area contributed by atoms with Crippen LogP contribution in [0, 0.1) is 0 Å². The second-order valence-corrected chi connectivity index (χ2v) is 3.77. The number of carboxylic acid groups (broad SMARTS) is 1. The zero-order valence-electron chi connectivity index (χ0n) is 8.92. The second-order valence-electron chi connectivity index (χ2n) is 3.77. The van der Waals surface area contributed by atoms with Gasteiger partial charge in [0.05, 0.1) is 12.2 Å². The van der Waals surface area contributed by atoms with Crippen molar-refractivity contribution in [3.8, 4) is 0 Å². The zero-order chi connectivity index (χ0) is 12.3. The smallest absolute Gasteiger partial charge is 0.331 e. The minimum Gasteiger partial charge on any atom is -0.479 e. The summed E-state index contributed by atoms with van der Waals surface area (Å²) >= 11 is 0. The lowest BCUT2D eigenvalue weighted by Crippen LogP contribution is -2.55. The molecule has 1 fully saturated rings. The summed E-state index contributed by atoms with van der Waals surface area (Å²) in [6, 6.07) is 0.